The fourth-order valence-corrected chi connectivity index (χ4v) is 2.74. The van der Waals surface area contributed by atoms with Crippen LogP contribution in [0, 0.1) is 0 Å². The lowest BCUT2D eigenvalue weighted by atomic mass is 10.1. The second-order valence-corrected chi connectivity index (χ2v) is 5.52. The summed E-state index contributed by atoms with van der Waals surface area (Å²) in [5.41, 5.74) is 1.05. The molecular weight excluding hydrogens is 266 g/mol. The molecule has 1 heterocycles. The van der Waals surface area contributed by atoms with Crippen molar-refractivity contribution in [1.29, 1.82) is 0 Å². The third-order valence-corrected chi connectivity index (χ3v) is 3.81. The number of pyridine rings is 1. The first-order valence-electron chi connectivity index (χ1n) is 5.69. The molecule has 0 amide bonds. The summed E-state index contributed by atoms with van der Waals surface area (Å²) in [4.78, 5) is 5.11. The van der Waals surface area contributed by atoms with Crippen LogP contribution in [0.3, 0.4) is 0 Å². The van der Waals surface area contributed by atoms with Crippen LogP contribution in [-0.4, -0.2) is 21.9 Å². The number of benzene rings is 1. The Bertz CT molecular complexity index is 492. The molecule has 1 aromatic heterocycles. The van der Waals surface area contributed by atoms with Crippen molar-refractivity contribution < 1.29 is 5.11 Å². The minimum atomic E-state index is -0.377. The highest BCUT2D eigenvalue weighted by atomic mass is 35.5. The number of aliphatic hydroxyl groups is 1. The zero-order valence-electron chi connectivity index (χ0n) is 9.79. The number of aliphatic hydroxyl groups excluding tert-OH is 1. The molecule has 2 nitrogen and oxygen atoms in total. The summed E-state index contributed by atoms with van der Waals surface area (Å²) in [5.74, 6) is 0.648. The third kappa shape index (κ3) is 4.33. The van der Waals surface area contributed by atoms with Crippen molar-refractivity contribution in [3.63, 3.8) is 0 Å². The molecule has 4 heteroatoms. The Kier molecular flexibility index (Phi) is 5.05. The maximum atomic E-state index is 9.95. The van der Waals surface area contributed by atoms with E-state index in [0.717, 1.165) is 15.5 Å². The smallest absolute Gasteiger partial charge is 0.0674 e. The van der Waals surface area contributed by atoms with E-state index < -0.39 is 0 Å². The summed E-state index contributed by atoms with van der Waals surface area (Å²) in [5, 5.41) is 10.7. The number of halogens is 1. The van der Waals surface area contributed by atoms with E-state index in [2.05, 4.69) is 4.98 Å². The maximum absolute atomic E-state index is 9.95. The number of thioether (sulfide) groups is 1. The van der Waals surface area contributed by atoms with Crippen molar-refractivity contribution in [2.45, 2.75) is 17.4 Å². The molecule has 0 fully saturated rings. The Morgan fingerprint density at radius 3 is 2.89 bits per heavy atom. The van der Waals surface area contributed by atoms with Gasteiger partial charge in [-0.3, -0.25) is 4.98 Å². The lowest BCUT2D eigenvalue weighted by molar-refractivity contribution is 0.200. The Hall–Kier alpha value is -1.03. The van der Waals surface area contributed by atoms with Crippen molar-refractivity contribution >= 4 is 23.4 Å². The highest BCUT2D eigenvalue weighted by Gasteiger charge is 2.06. The van der Waals surface area contributed by atoms with Gasteiger partial charge in [0.1, 0.15) is 0 Å². The number of hydrogen-bond donors (Lipinski definition) is 1. The van der Waals surface area contributed by atoms with Crippen LogP contribution in [-0.2, 0) is 6.42 Å². The van der Waals surface area contributed by atoms with Gasteiger partial charge in [0.05, 0.1) is 6.10 Å². The van der Waals surface area contributed by atoms with Crippen molar-refractivity contribution in [3.05, 3.63) is 59.4 Å². The molecule has 1 atom stereocenters. The molecule has 18 heavy (non-hydrogen) atoms. The zero-order valence-corrected chi connectivity index (χ0v) is 11.4. The van der Waals surface area contributed by atoms with Gasteiger partial charge in [0, 0.05) is 34.5 Å². The van der Waals surface area contributed by atoms with Crippen LogP contribution in [0.15, 0.2) is 53.7 Å². The molecule has 1 N–H and O–H groups in total. The average molecular weight is 280 g/mol. The van der Waals surface area contributed by atoms with Crippen LogP contribution in [0.2, 0.25) is 5.02 Å². The van der Waals surface area contributed by atoms with E-state index in [4.69, 9.17) is 11.6 Å². The molecule has 0 aliphatic rings. The Morgan fingerprint density at radius 1 is 1.28 bits per heavy atom. The second-order valence-electron chi connectivity index (χ2n) is 3.99. The Morgan fingerprint density at radius 2 is 2.17 bits per heavy atom. The van der Waals surface area contributed by atoms with E-state index in [0.29, 0.717) is 12.2 Å². The van der Waals surface area contributed by atoms with Crippen LogP contribution >= 0.6 is 23.4 Å². The van der Waals surface area contributed by atoms with E-state index in [-0.39, 0.29) is 6.10 Å². The predicted octanol–water partition coefficient (Wildman–Crippen LogP) is 3.43. The summed E-state index contributed by atoms with van der Waals surface area (Å²) in [6.45, 7) is 0. The van der Waals surface area contributed by atoms with Gasteiger partial charge < -0.3 is 5.11 Å². The van der Waals surface area contributed by atoms with Crippen LogP contribution in [0.5, 0.6) is 0 Å². The molecule has 0 aliphatic carbocycles. The van der Waals surface area contributed by atoms with Gasteiger partial charge >= 0.3 is 0 Å². The average Bonchev–Trinajstić information content (AvgIpc) is 2.38. The third-order valence-electron chi connectivity index (χ3n) is 2.43. The first-order valence-corrected chi connectivity index (χ1v) is 7.06. The Balaban J connectivity index is 1.83. The van der Waals surface area contributed by atoms with Gasteiger partial charge in [-0.15, -0.1) is 11.8 Å². The topological polar surface area (TPSA) is 33.1 Å². The largest absolute Gasteiger partial charge is 0.392 e. The first-order chi connectivity index (χ1) is 8.74. The van der Waals surface area contributed by atoms with Gasteiger partial charge in [-0.1, -0.05) is 23.7 Å². The van der Waals surface area contributed by atoms with Gasteiger partial charge in [-0.05, 0) is 29.8 Å². The highest BCUT2D eigenvalue weighted by molar-refractivity contribution is 7.99. The first kappa shape index (κ1) is 13.4. The molecule has 0 saturated heterocycles. The van der Waals surface area contributed by atoms with E-state index in [1.165, 1.54) is 0 Å². The summed E-state index contributed by atoms with van der Waals surface area (Å²) in [7, 11) is 0. The molecule has 0 radical (unpaired) electrons. The molecule has 2 aromatic rings. The van der Waals surface area contributed by atoms with E-state index in [1.807, 2.05) is 36.4 Å². The fraction of sp³-hybridized carbons (Fsp3) is 0.214. The number of nitrogens with zero attached hydrogens (tertiary/aromatic N) is 1. The highest BCUT2D eigenvalue weighted by Crippen LogP contribution is 2.22. The van der Waals surface area contributed by atoms with Crippen LogP contribution in [0.1, 0.15) is 5.56 Å². The molecule has 1 unspecified atom stereocenters. The molecule has 2 rings (SSSR count). The molecule has 94 valence electrons. The molecule has 0 saturated carbocycles. The summed E-state index contributed by atoms with van der Waals surface area (Å²) in [6, 6.07) is 11.5. The van der Waals surface area contributed by atoms with E-state index in [9.17, 15) is 5.11 Å². The maximum Gasteiger partial charge on any atom is 0.0674 e. The molecule has 0 bridgehead atoms. The van der Waals surface area contributed by atoms with Gasteiger partial charge in [0.15, 0.2) is 0 Å². The van der Waals surface area contributed by atoms with Crippen LogP contribution in [0.4, 0.5) is 0 Å². The monoisotopic (exact) mass is 279 g/mol. The van der Waals surface area contributed by atoms with Gasteiger partial charge in [-0.2, -0.15) is 0 Å². The minimum absolute atomic E-state index is 0.377. The van der Waals surface area contributed by atoms with Crippen molar-refractivity contribution in [2.75, 3.05) is 5.75 Å². The summed E-state index contributed by atoms with van der Waals surface area (Å²) >= 11 is 7.51. The molecule has 0 spiro atoms. The van der Waals surface area contributed by atoms with Gasteiger partial charge in [0.25, 0.3) is 0 Å². The zero-order chi connectivity index (χ0) is 12.8. The Labute approximate surface area is 116 Å². The van der Waals surface area contributed by atoms with Crippen LogP contribution < -0.4 is 0 Å². The fourth-order valence-electron chi connectivity index (χ4n) is 1.60. The lowest BCUT2D eigenvalue weighted by Crippen LogP contribution is -2.13. The SMILES string of the molecule is OC(CSc1cccc(Cl)c1)Cc1cccnc1. The molecule has 0 aliphatic heterocycles. The van der Waals surface area contributed by atoms with Gasteiger partial charge in [0.2, 0.25) is 0 Å². The lowest BCUT2D eigenvalue weighted by Gasteiger charge is -2.10. The molecule has 1 aromatic carbocycles. The van der Waals surface area contributed by atoms with Gasteiger partial charge in [-0.25, -0.2) is 0 Å². The minimum Gasteiger partial charge on any atom is -0.392 e. The predicted molar refractivity (Wildman–Crippen MR) is 76.1 cm³/mol. The summed E-state index contributed by atoms with van der Waals surface area (Å²) < 4.78 is 0. The van der Waals surface area contributed by atoms with Crippen molar-refractivity contribution in [2.24, 2.45) is 0 Å². The number of aromatic nitrogens is 1. The second kappa shape index (κ2) is 6.78. The van der Waals surface area contributed by atoms with Crippen molar-refractivity contribution in [3.8, 4) is 0 Å². The normalized spacial score (nSPS) is 12.3. The quantitative estimate of drug-likeness (QED) is 0.851. The number of hydrogen-bond acceptors (Lipinski definition) is 3. The van der Waals surface area contributed by atoms with E-state index >= 15 is 0 Å². The van der Waals surface area contributed by atoms with Crippen molar-refractivity contribution in [1.82, 2.24) is 4.98 Å². The van der Waals surface area contributed by atoms with Crippen LogP contribution in [0.25, 0.3) is 0 Å². The number of rotatable bonds is 5. The molecular formula is C14H14ClNOS. The summed E-state index contributed by atoms with van der Waals surface area (Å²) in [6.07, 6.45) is 3.77. The van der Waals surface area contributed by atoms with E-state index in [1.54, 1.807) is 24.2 Å². The standard InChI is InChI=1S/C14H14ClNOS/c15-12-4-1-5-14(8-12)18-10-13(17)7-11-3-2-6-16-9-11/h1-6,8-9,13,17H,7,10H2.